The summed E-state index contributed by atoms with van der Waals surface area (Å²) in [6, 6.07) is 0. The fourth-order valence-electron chi connectivity index (χ4n) is 1.77. The van der Waals surface area contributed by atoms with E-state index in [0.29, 0.717) is 6.54 Å². The number of ether oxygens (including phenoxy) is 1. The minimum atomic E-state index is -0.522. The number of anilines is 1. The Kier molecular flexibility index (Phi) is 5.48. The topological polar surface area (TPSA) is 86.4 Å². The van der Waals surface area contributed by atoms with Crippen molar-refractivity contribution in [3.8, 4) is 0 Å². The molecule has 0 aliphatic carbocycles. The van der Waals surface area contributed by atoms with Gasteiger partial charge < -0.3 is 9.64 Å². The van der Waals surface area contributed by atoms with E-state index in [2.05, 4.69) is 5.10 Å². The van der Waals surface area contributed by atoms with Crippen LogP contribution in [0.3, 0.4) is 0 Å². The van der Waals surface area contributed by atoms with Crippen LogP contribution in [-0.4, -0.2) is 40.0 Å². The smallest absolute Gasteiger partial charge is 0.346 e. The predicted octanol–water partition coefficient (Wildman–Crippen LogP) is -0.741. The maximum atomic E-state index is 12.1. The van der Waals surface area contributed by atoms with Crippen LogP contribution in [-0.2, 0) is 23.6 Å². The molecule has 1 heterocycles. The van der Waals surface area contributed by atoms with Crippen molar-refractivity contribution in [3.63, 3.8) is 0 Å². The Morgan fingerprint density at radius 1 is 1.30 bits per heavy atom. The summed E-state index contributed by atoms with van der Waals surface area (Å²) in [4.78, 5) is 36.8. The van der Waals surface area contributed by atoms with Crippen LogP contribution in [0.4, 0.5) is 5.82 Å². The number of esters is 1. The van der Waals surface area contributed by atoms with Crippen molar-refractivity contribution in [2.75, 3.05) is 24.6 Å². The Morgan fingerprint density at radius 3 is 2.50 bits per heavy atom. The number of hydrogen-bond donors (Lipinski definition) is 0. The number of carbonyl (C=O) groups is 1. The van der Waals surface area contributed by atoms with Gasteiger partial charge in [-0.25, -0.2) is 9.48 Å². The van der Waals surface area contributed by atoms with Gasteiger partial charge in [-0.1, -0.05) is 6.92 Å². The standard InChI is InChI=1S/C12H20N4O4/c1-5-7-16(8-9(17)20-6-2)10-11(18)14(3)12(19)15(4)13-10/h5-8H2,1-4H3. The molecule has 0 aliphatic heterocycles. The van der Waals surface area contributed by atoms with Gasteiger partial charge in [0.1, 0.15) is 6.54 Å². The van der Waals surface area contributed by atoms with E-state index in [4.69, 9.17) is 4.74 Å². The van der Waals surface area contributed by atoms with Crippen LogP contribution in [0.2, 0.25) is 0 Å². The molecule has 0 amide bonds. The van der Waals surface area contributed by atoms with E-state index >= 15 is 0 Å². The van der Waals surface area contributed by atoms with Crippen molar-refractivity contribution < 1.29 is 9.53 Å². The van der Waals surface area contributed by atoms with Crippen LogP contribution < -0.4 is 16.1 Å². The zero-order valence-electron chi connectivity index (χ0n) is 12.3. The maximum absolute atomic E-state index is 12.1. The lowest BCUT2D eigenvalue weighted by atomic mass is 10.4. The first-order valence-corrected chi connectivity index (χ1v) is 6.47. The van der Waals surface area contributed by atoms with Gasteiger partial charge in [0.05, 0.1) is 6.61 Å². The molecule has 0 spiro atoms. The number of aryl methyl sites for hydroxylation is 1. The van der Waals surface area contributed by atoms with Gasteiger partial charge in [-0.2, -0.15) is 0 Å². The molecule has 0 saturated carbocycles. The van der Waals surface area contributed by atoms with Crippen LogP contribution in [0.25, 0.3) is 0 Å². The molecule has 1 rings (SSSR count). The van der Waals surface area contributed by atoms with E-state index in [1.54, 1.807) is 6.92 Å². The molecule has 1 aromatic rings. The SMILES string of the molecule is CCCN(CC(=O)OCC)c1nn(C)c(=O)n(C)c1=O. The Hall–Kier alpha value is -2.12. The molecule has 8 nitrogen and oxygen atoms in total. The summed E-state index contributed by atoms with van der Waals surface area (Å²) in [5.74, 6) is -0.358. The molecular weight excluding hydrogens is 264 g/mol. The van der Waals surface area contributed by atoms with Crippen molar-refractivity contribution in [2.45, 2.75) is 20.3 Å². The van der Waals surface area contributed by atoms with Crippen LogP contribution in [0.5, 0.6) is 0 Å². The lowest BCUT2D eigenvalue weighted by molar-refractivity contribution is -0.141. The summed E-state index contributed by atoms with van der Waals surface area (Å²) in [6.07, 6.45) is 0.729. The van der Waals surface area contributed by atoms with E-state index in [9.17, 15) is 14.4 Å². The van der Waals surface area contributed by atoms with E-state index in [-0.39, 0.29) is 19.0 Å². The van der Waals surface area contributed by atoms with Gasteiger partial charge in [0.25, 0.3) is 5.56 Å². The Bertz CT molecular complexity index is 590. The molecule has 8 heteroatoms. The van der Waals surface area contributed by atoms with Crippen LogP contribution >= 0.6 is 0 Å². The minimum Gasteiger partial charge on any atom is -0.465 e. The zero-order chi connectivity index (χ0) is 15.3. The maximum Gasteiger partial charge on any atom is 0.346 e. The van der Waals surface area contributed by atoms with Gasteiger partial charge in [-0.3, -0.25) is 14.2 Å². The third kappa shape index (κ3) is 3.46. The molecule has 0 aliphatic rings. The van der Waals surface area contributed by atoms with Gasteiger partial charge in [0.2, 0.25) is 5.82 Å². The molecule has 20 heavy (non-hydrogen) atoms. The zero-order valence-corrected chi connectivity index (χ0v) is 12.3. The highest BCUT2D eigenvalue weighted by Gasteiger charge is 2.18. The highest BCUT2D eigenvalue weighted by atomic mass is 16.5. The third-order valence-corrected chi connectivity index (χ3v) is 2.72. The van der Waals surface area contributed by atoms with Gasteiger partial charge in [-0.15, -0.1) is 5.10 Å². The van der Waals surface area contributed by atoms with Crippen molar-refractivity contribution in [1.82, 2.24) is 14.3 Å². The molecule has 112 valence electrons. The largest absolute Gasteiger partial charge is 0.465 e. The molecule has 0 N–H and O–H groups in total. The number of aromatic nitrogens is 3. The molecule has 1 aromatic heterocycles. The van der Waals surface area contributed by atoms with E-state index in [0.717, 1.165) is 15.7 Å². The summed E-state index contributed by atoms with van der Waals surface area (Å²) < 4.78 is 6.92. The average molecular weight is 284 g/mol. The molecular formula is C12H20N4O4. The number of rotatable bonds is 6. The van der Waals surface area contributed by atoms with E-state index < -0.39 is 17.2 Å². The number of carbonyl (C=O) groups excluding carboxylic acids is 1. The summed E-state index contributed by atoms with van der Waals surface area (Å²) in [6.45, 7) is 4.31. The van der Waals surface area contributed by atoms with E-state index in [1.807, 2.05) is 6.92 Å². The summed E-state index contributed by atoms with van der Waals surface area (Å²) >= 11 is 0. The average Bonchev–Trinajstić information content (AvgIpc) is 2.40. The van der Waals surface area contributed by atoms with Gasteiger partial charge in [0.15, 0.2) is 0 Å². The summed E-state index contributed by atoms with van der Waals surface area (Å²) in [5, 5.41) is 3.95. The van der Waals surface area contributed by atoms with Gasteiger partial charge in [-0.05, 0) is 13.3 Å². The Morgan fingerprint density at radius 2 is 1.95 bits per heavy atom. The first-order chi connectivity index (χ1) is 9.42. The normalized spacial score (nSPS) is 10.4. The fraction of sp³-hybridized carbons (Fsp3) is 0.667. The number of nitrogens with zero attached hydrogens (tertiary/aromatic N) is 4. The first-order valence-electron chi connectivity index (χ1n) is 6.47. The van der Waals surface area contributed by atoms with E-state index in [1.165, 1.54) is 19.0 Å². The van der Waals surface area contributed by atoms with Crippen molar-refractivity contribution in [2.24, 2.45) is 14.1 Å². The minimum absolute atomic E-state index is 0.0673. The second-order valence-corrected chi connectivity index (χ2v) is 4.32. The Balaban J connectivity index is 3.19. The highest BCUT2D eigenvalue weighted by Crippen LogP contribution is 2.03. The van der Waals surface area contributed by atoms with Crippen LogP contribution in [0.1, 0.15) is 20.3 Å². The summed E-state index contributed by atoms with van der Waals surface area (Å²) in [5.41, 5.74) is -1.03. The molecule has 0 saturated heterocycles. The van der Waals surface area contributed by atoms with Crippen LogP contribution in [0, 0.1) is 0 Å². The molecule has 0 bridgehead atoms. The third-order valence-electron chi connectivity index (χ3n) is 2.72. The highest BCUT2D eigenvalue weighted by molar-refractivity contribution is 5.75. The second kappa shape index (κ2) is 6.88. The quantitative estimate of drug-likeness (QED) is 0.639. The van der Waals surface area contributed by atoms with Gasteiger partial charge in [0, 0.05) is 20.6 Å². The van der Waals surface area contributed by atoms with Crippen LogP contribution in [0.15, 0.2) is 9.59 Å². The monoisotopic (exact) mass is 284 g/mol. The summed E-state index contributed by atoms with van der Waals surface area (Å²) in [7, 11) is 2.84. The molecule has 0 aromatic carbocycles. The fourth-order valence-corrected chi connectivity index (χ4v) is 1.77. The lowest BCUT2D eigenvalue weighted by Gasteiger charge is -2.21. The molecule has 0 atom stereocenters. The van der Waals surface area contributed by atoms with Crippen molar-refractivity contribution >= 4 is 11.8 Å². The van der Waals surface area contributed by atoms with Crippen molar-refractivity contribution in [1.29, 1.82) is 0 Å². The number of hydrogen-bond acceptors (Lipinski definition) is 6. The second-order valence-electron chi connectivity index (χ2n) is 4.32. The molecule has 0 radical (unpaired) electrons. The van der Waals surface area contributed by atoms with Crippen molar-refractivity contribution in [3.05, 3.63) is 20.8 Å². The lowest BCUT2D eigenvalue weighted by Crippen LogP contribution is -2.44. The molecule has 0 unspecified atom stereocenters. The molecule has 0 fully saturated rings. The Labute approximate surface area is 116 Å². The van der Waals surface area contributed by atoms with Gasteiger partial charge >= 0.3 is 11.7 Å². The first kappa shape index (κ1) is 15.9. The predicted molar refractivity (Wildman–Crippen MR) is 73.9 cm³/mol.